The standard InChI is InChI=1S/C24H23Cl2FN2/c25-22-8-3-1-6-19(22)17-29-15-5-14-28(16-18-10-12-20(27)13-11-18)24(29)21-7-2-4-9-23(21)26/h1-4,6-13,24H,5,14-17H2/t24-/m0/s1. The van der Waals surface area contributed by atoms with Gasteiger partial charge in [-0.15, -0.1) is 0 Å². The Morgan fingerprint density at radius 1 is 0.759 bits per heavy atom. The van der Waals surface area contributed by atoms with Crippen molar-refractivity contribution in [2.75, 3.05) is 13.1 Å². The molecule has 2 nitrogen and oxygen atoms in total. The maximum absolute atomic E-state index is 13.4. The number of hydrogen-bond donors (Lipinski definition) is 0. The van der Waals surface area contributed by atoms with Crippen molar-refractivity contribution in [3.63, 3.8) is 0 Å². The first kappa shape index (κ1) is 20.4. The van der Waals surface area contributed by atoms with E-state index in [1.54, 1.807) is 0 Å². The molecule has 0 unspecified atom stereocenters. The van der Waals surface area contributed by atoms with Crippen molar-refractivity contribution >= 4 is 23.2 Å². The number of halogens is 3. The molecule has 1 saturated heterocycles. The van der Waals surface area contributed by atoms with Crippen molar-refractivity contribution in [1.29, 1.82) is 0 Å². The second kappa shape index (κ2) is 9.27. The van der Waals surface area contributed by atoms with E-state index in [9.17, 15) is 4.39 Å². The lowest BCUT2D eigenvalue weighted by molar-refractivity contribution is -0.00902. The summed E-state index contributed by atoms with van der Waals surface area (Å²) in [7, 11) is 0. The van der Waals surface area contributed by atoms with Gasteiger partial charge in [0.05, 0.1) is 6.17 Å². The third kappa shape index (κ3) is 4.81. The van der Waals surface area contributed by atoms with Crippen LogP contribution in [0.5, 0.6) is 0 Å². The Labute approximate surface area is 181 Å². The van der Waals surface area contributed by atoms with E-state index >= 15 is 0 Å². The fourth-order valence-electron chi connectivity index (χ4n) is 4.03. The van der Waals surface area contributed by atoms with E-state index in [-0.39, 0.29) is 12.0 Å². The molecule has 0 spiro atoms. The van der Waals surface area contributed by atoms with E-state index in [4.69, 9.17) is 23.2 Å². The Balaban J connectivity index is 1.67. The molecule has 0 amide bonds. The van der Waals surface area contributed by atoms with Crippen LogP contribution in [0.1, 0.15) is 29.3 Å². The minimum Gasteiger partial charge on any atom is -0.280 e. The molecule has 0 radical (unpaired) electrons. The quantitative estimate of drug-likeness (QED) is 0.455. The van der Waals surface area contributed by atoms with Crippen LogP contribution in [0.3, 0.4) is 0 Å². The number of nitrogens with zero attached hydrogens (tertiary/aromatic N) is 2. The van der Waals surface area contributed by atoms with Gasteiger partial charge in [-0.2, -0.15) is 0 Å². The highest BCUT2D eigenvalue weighted by atomic mass is 35.5. The summed E-state index contributed by atoms with van der Waals surface area (Å²) in [5.74, 6) is -0.213. The van der Waals surface area contributed by atoms with Gasteiger partial charge in [-0.25, -0.2) is 4.39 Å². The fourth-order valence-corrected chi connectivity index (χ4v) is 4.46. The average Bonchev–Trinajstić information content (AvgIpc) is 2.72. The van der Waals surface area contributed by atoms with Gasteiger partial charge in [0.1, 0.15) is 5.82 Å². The van der Waals surface area contributed by atoms with Gasteiger partial charge in [0, 0.05) is 41.8 Å². The first-order valence-corrected chi connectivity index (χ1v) is 10.6. The van der Waals surface area contributed by atoms with Crippen LogP contribution >= 0.6 is 23.2 Å². The van der Waals surface area contributed by atoms with Crippen molar-refractivity contribution < 1.29 is 4.39 Å². The van der Waals surface area contributed by atoms with E-state index < -0.39 is 0 Å². The molecule has 1 atom stereocenters. The van der Waals surface area contributed by atoms with Gasteiger partial charge < -0.3 is 0 Å². The number of benzene rings is 3. The van der Waals surface area contributed by atoms with E-state index in [0.29, 0.717) is 0 Å². The Bertz CT molecular complexity index is 961. The monoisotopic (exact) mass is 428 g/mol. The predicted molar refractivity (Wildman–Crippen MR) is 117 cm³/mol. The maximum Gasteiger partial charge on any atom is 0.123 e. The maximum atomic E-state index is 13.4. The lowest BCUT2D eigenvalue weighted by Gasteiger charge is -2.44. The van der Waals surface area contributed by atoms with E-state index in [0.717, 1.165) is 59.3 Å². The fraction of sp³-hybridized carbons (Fsp3) is 0.250. The zero-order valence-electron chi connectivity index (χ0n) is 16.1. The number of rotatable bonds is 5. The smallest absolute Gasteiger partial charge is 0.123 e. The molecule has 1 heterocycles. The summed E-state index contributed by atoms with van der Waals surface area (Å²) in [6.45, 7) is 3.39. The molecule has 5 heteroatoms. The van der Waals surface area contributed by atoms with Gasteiger partial charge in [-0.05, 0) is 41.8 Å². The number of hydrogen-bond acceptors (Lipinski definition) is 2. The molecule has 4 rings (SSSR count). The molecular weight excluding hydrogens is 406 g/mol. The minimum atomic E-state index is -0.213. The third-order valence-electron chi connectivity index (χ3n) is 5.40. The molecular formula is C24H23Cl2FN2. The van der Waals surface area contributed by atoms with Crippen LogP contribution in [-0.4, -0.2) is 22.9 Å². The Morgan fingerprint density at radius 2 is 1.38 bits per heavy atom. The van der Waals surface area contributed by atoms with Crippen LogP contribution in [-0.2, 0) is 13.1 Å². The van der Waals surface area contributed by atoms with Gasteiger partial charge >= 0.3 is 0 Å². The van der Waals surface area contributed by atoms with Gasteiger partial charge in [-0.3, -0.25) is 9.80 Å². The highest BCUT2D eigenvalue weighted by Gasteiger charge is 2.32. The molecule has 0 aromatic heterocycles. The van der Waals surface area contributed by atoms with Crippen LogP contribution in [0.2, 0.25) is 10.0 Å². The summed E-state index contributed by atoms with van der Waals surface area (Å²) in [5, 5.41) is 1.54. The molecule has 0 N–H and O–H groups in total. The molecule has 0 saturated carbocycles. The molecule has 1 aliphatic heterocycles. The van der Waals surface area contributed by atoms with Crippen LogP contribution < -0.4 is 0 Å². The summed E-state index contributed by atoms with van der Waals surface area (Å²) in [6, 6.07) is 22.7. The van der Waals surface area contributed by atoms with E-state index in [1.807, 2.05) is 48.5 Å². The van der Waals surface area contributed by atoms with Crippen LogP contribution in [0.15, 0.2) is 72.8 Å². The molecule has 0 aliphatic carbocycles. The van der Waals surface area contributed by atoms with Gasteiger partial charge in [-0.1, -0.05) is 71.7 Å². The summed E-state index contributed by atoms with van der Waals surface area (Å²) in [5.41, 5.74) is 3.28. The van der Waals surface area contributed by atoms with E-state index in [1.165, 1.54) is 12.1 Å². The van der Waals surface area contributed by atoms with Crippen LogP contribution in [0.25, 0.3) is 0 Å². The minimum absolute atomic E-state index is 0.0266. The van der Waals surface area contributed by atoms with Crippen molar-refractivity contribution in [3.05, 3.63) is 105 Å². The van der Waals surface area contributed by atoms with Crippen molar-refractivity contribution in [1.82, 2.24) is 9.80 Å². The van der Waals surface area contributed by atoms with E-state index in [2.05, 4.69) is 21.9 Å². The second-order valence-corrected chi connectivity index (χ2v) is 8.22. The first-order chi connectivity index (χ1) is 14.1. The largest absolute Gasteiger partial charge is 0.280 e. The predicted octanol–water partition coefficient (Wildman–Crippen LogP) is 6.54. The van der Waals surface area contributed by atoms with Gasteiger partial charge in [0.25, 0.3) is 0 Å². The molecule has 150 valence electrons. The zero-order valence-corrected chi connectivity index (χ0v) is 17.6. The molecule has 3 aromatic carbocycles. The molecule has 0 bridgehead atoms. The Kier molecular flexibility index (Phi) is 6.51. The van der Waals surface area contributed by atoms with Crippen LogP contribution in [0.4, 0.5) is 4.39 Å². The Morgan fingerprint density at radius 3 is 2.07 bits per heavy atom. The average molecular weight is 429 g/mol. The molecule has 1 fully saturated rings. The summed E-state index contributed by atoms with van der Waals surface area (Å²) in [6.07, 6.45) is 1.07. The highest BCUT2D eigenvalue weighted by Crippen LogP contribution is 2.36. The summed E-state index contributed by atoms with van der Waals surface area (Å²) >= 11 is 13.1. The lowest BCUT2D eigenvalue weighted by atomic mass is 10.0. The topological polar surface area (TPSA) is 6.48 Å². The van der Waals surface area contributed by atoms with Crippen molar-refractivity contribution in [3.8, 4) is 0 Å². The zero-order chi connectivity index (χ0) is 20.2. The van der Waals surface area contributed by atoms with Crippen molar-refractivity contribution in [2.45, 2.75) is 25.7 Å². The summed E-state index contributed by atoms with van der Waals surface area (Å²) in [4.78, 5) is 4.84. The lowest BCUT2D eigenvalue weighted by Crippen LogP contribution is -2.47. The van der Waals surface area contributed by atoms with Gasteiger partial charge in [0.15, 0.2) is 0 Å². The highest BCUT2D eigenvalue weighted by molar-refractivity contribution is 6.31. The normalized spacial score (nSPS) is 18.1. The molecule has 29 heavy (non-hydrogen) atoms. The first-order valence-electron chi connectivity index (χ1n) is 9.82. The SMILES string of the molecule is Fc1ccc(CN2CCCN(Cc3ccccc3Cl)[C@H]2c2ccccc2Cl)cc1. The van der Waals surface area contributed by atoms with Crippen molar-refractivity contribution in [2.24, 2.45) is 0 Å². The van der Waals surface area contributed by atoms with Gasteiger partial charge in [0.2, 0.25) is 0 Å². The molecule has 3 aromatic rings. The second-order valence-electron chi connectivity index (χ2n) is 7.41. The third-order valence-corrected chi connectivity index (χ3v) is 6.11. The van der Waals surface area contributed by atoms with Crippen LogP contribution in [0, 0.1) is 5.82 Å². The summed E-state index contributed by atoms with van der Waals surface area (Å²) < 4.78 is 13.4. The Hall–Kier alpha value is -1.91. The molecule has 1 aliphatic rings.